The van der Waals surface area contributed by atoms with E-state index in [4.69, 9.17) is 5.11 Å². The van der Waals surface area contributed by atoms with Crippen LogP contribution in [-0.2, 0) is 9.59 Å². The number of carboxylic acids is 1. The van der Waals surface area contributed by atoms with E-state index in [1.807, 2.05) is 13.8 Å². The summed E-state index contributed by atoms with van der Waals surface area (Å²) in [4.78, 5) is 24.7. The van der Waals surface area contributed by atoms with Gasteiger partial charge in [0.2, 0.25) is 5.91 Å². The van der Waals surface area contributed by atoms with Gasteiger partial charge in [0.15, 0.2) is 0 Å². The molecule has 0 bridgehead atoms. The maximum atomic E-state index is 12.2. The molecule has 0 aromatic heterocycles. The van der Waals surface area contributed by atoms with E-state index in [2.05, 4.69) is 12.6 Å². The number of hydrogen-bond acceptors (Lipinski definition) is 3. The number of aliphatic carboxylic acids is 1. The number of thiol groups is 1. The minimum atomic E-state index is -0.889. The number of carbonyl (C=O) groups is 2. The predicted molar refractivity (Wildman–Crippen MR) is 62.4 cm³/mol. The quantitative estimate of drug-likeness (QED) is 0.712. The lowest BCUT2D eigenvalue weighted by Crippen LogP contribution is -2.42. The SMILES string of the molecule is CC1(C)C(S)C1C(=O)N1CCC[C@H]1C(=O)O. The molecule has 1 aliphatic carbocycles. The Kier molecular flexibility index (Phi) is 2.69. The molecule has 1 aliphatic heterocycles. The summed E-state index contributed by atoms with van der Waals surface area (Å²) in [6, 6.07) is -0.621. The largest absolute Gasteiger partial charge is 0.480 e. The number of nitrogens with zero attached hydrogens (tertiary/aromatic N) is 1. The number of carbonyl (C=O) groups excluding carboxylic acids is 1. The van der Waals surface area contributed by atoms with E-state index in [-0.39, 0.29) is 22.5 Å². The third-order valence-corrected chi connectivity index (χ3v) is 4.82. The Labute approximate surface area is 100 Å². The minimum absolute atomic E-state index is 0.0325. The normalized spacial score (nSPS) is 36.2. The number of hydrogen-bond donors (Lipinski definition) is 2. The van der Waals surface area contributed by atoms with Crippen molar-refractivity contribution in [2.45, 2.75) is 38.0 Å². The zero-order chi connectivity index (χ0) is 12.1. The van der Waals surface area contributed by atoms with Gasteiger partial charge in [-0.2, -0.15) is 12.6 Å². The van der Waals surface area contributed by atoms with E-state index in [9.17, 15) is 9.59 Å². The van der Waals surface area contributed by atoms with Gasteiger partial charge in [-0.15, -0.1) is 0 Å². The average Bonchev–Trinajstić information content (AvgIpc) is 2.62. The smallest absolute Gasteiger partial charge is 0.326 e. The van der Waals surface area contributed by atoms with Crippen molar-refractivity contribution >= 4 is 24.5 Å². The predicted octanol–water partition coefficient (Wildman–Crippen LogP) is 1.02. The Bertz CT molecular complexity index is 342. The van der Waals surface area contributed by atoms with E-state index in [0.717, 1.165) is 6.42 Å². The lowest BCUT2D eigenvalue weighted by molar-refractivity contribution is -0.149. The molecular weight excluding hydrogens is 226 g/mol. The Morgan fingerprint density at radius 1 is 1.44 bits per heavy atom. The maximum absolute atomic E-state index is 12.2. The second-order valence-corrected chi connectivity index (χ2v) is 5.83. The second-order valence-electron chi connectivity index (χ2n) is 5.27. The van der Waals surface area contributed by atoms with E-state index < -0.39 is 12.0 Å². The van der Waals surface area contributed by atoms with Crippen molar-refractivity contribution in [3.8, 4) is 0 Å². The van der Waals surface area contributed by atoms with Gasteiger partial charge in [-0.25, -0.2) is 4.79 Å². The third-order valence-electron chi connectivity index (χ3n) is 3.86. The van der Waals surface area contributed by atoms with Gasteiger partial charge in [-0.3, -0.25) is 4.79 Å². The molecule has 2 rings (SSSR count). The molecule has 1 saturated heterocycles. The highest BCUT2D eigenvalue weighted by Crippen LogP contribution is 2.56. The molecule has 0 aromatic carbocycles. The molecule has 0 aromatic rings. The monoisotopic (exact) mass is 243 g/mol. The zero-order valence-corrected chi connectivity index (χ0v) is 10.4. The molecule has 1 N–H and O–H groups in total. The van der Waals surface area contributed by atoms with Crippen LogP contribution in [0.2, 0.25) is 0 Å². The summed E-state index contributed by atoms with van der Waals surface area (Å²) < 4.78 is 0. The van der Waals surface area contributed by atoms with Crippen LogP contribution in [0.5, 0.6) is 0 Å². The summed E-state index contributed by atoms with van der Waals surface area (Å²) in [5, 5.41) is 9.08. The summed E-state index contributed by atoms with van der Waals surface area (Å²) in [6.45, 7) is 4.57. The molecule has 90 valence electrons. The van der Waals surface area contributed by atoms with Crippen LogP contribution in [0.15, 0.2) is 0 Å². The van der Waals surface area contributed by atoms with Gasteiger partial charge in [-0.1, -0.05) is 13.8 Å². The highest BCUT2D eigenvalue weighted by molar-refractivity contribution is 7.81. The van der Waals surface area contributed by atoms with Crippen molar-refractivity contribution in [2.24, 2.45) is 11.3 Å². The topological polar surface area (TPSA) is 57.6 Å². The molecule has 0 spiro atoms. The lowest BCUT2D eigenvalue weighted by Gasteiger charge is -2.22. The van der Waals surface area contributed by atoms with Crippen molar-refractivity contribution < 1.29 is 14.7 Å². The molecule has 0 radical (unpaired) electrons. The molecule has 1 amide bonds. The molecule has 2 fully saturated rings. The highest BCUT2D eigenvalue weighted by Gasteiger charge is 2.61. The van der Waals surface area contributed by atoms with Crippen LogP contribution in [0.1, 0.15) is 26.7 Å². The first kappa shape index (κ1) is 11.8. The molecule has 4 nitrogen and oxygen atoms in total. The molecule has 3 atom stereocenters. The van der Waals surface area contributed by atoms with Crippen molar-refractivity contribution in [3.63, 3.8) is 0 Å². The average molecular weight is 243 g/mol. The van der Waals surface area contributed by atoms with Gasteiger partial charge in [0, 0.05) is 11.8 Å². The summed E-state index contributed by atoms with van der Waals surface area (Å²) >= 11 is 4.37. The van der Waals surface area contributed by atoms with Crippen LogP contribution in [0.4, 0.5) is 0 Å². The molecule has 5 heteroatoms. The van der Waals surface area contributed by atoms with Gasteiger partial charge in [0.25, 0.3) is 0 Å². The maximum Gasteiger partial charge on any atom is 0.326 e. The zero-order valence-electron chi connectivity index (χ0n) is 9.51. The number of rotatable bonds is 2. The Morgan fingerprint density at radius 2 is 2.00 bits per heavy atom. The molecular formula is C11H17NO3S. The Hall–Kier alpha value is -0.710. The fraction of sp³-hybridized carbons (Fsp3) is 0.818. The molecule has 2 aliphatic rings. The number of carboxylic acid groups (broad SMARTS) is 1. The fourth-order valence-corrected chi connectivity index (χ4v) is 3.12. The minimum Gasteiger partial charge on any atom is -0.480 e. The van der Waals surface area contributed by atoms with Crippen LogP contribution in [0.3, 0.4) is 0 Å². The van der Waals surface area contributed by atoms with Crippen LogP contribution < -0.4 is 0 Å². The van der Waals surface area contributed by atoms with Crippen LogP contribution in [0, 0.1) is 11.3 Å². The van der Waals surface area contributed by atoms with Crippen LogP contribution in [-0.4, -0.2) is 39.7 Å². The lowest BCUT2D eigenvalue weighted by atomic mass is 10.1. The van der Waals surface area contributed by atoms with Crippen molar-refractivity contribution in [2.75, 3.05) is 6.54 Å². The van der Waals surface area contributed by atoms with E-state index >= 15 is 0 Å². The molecule has 1 saturated carbocycles. The summed E-state index contributed by atoms with van der Waals surface area (Å²) in [6.07, 6.45) is 1.36. The highest BCUT2D eigenvalue weighted by atomic mass is 32.1. The number of likely N-dealkylation sites (tertiary alicyclic amines) is 1. The van der Waals surface area contributed by atoms with Crippen LogP contribution >= 0.6 is 12.6 Å². The Balaban J connectivity index is 2.09. The summed E-state index contributed by atoms with van der Waals surface area (Å²) in [7, 11) is 0. The first-order chi connectivity index (χ1) is 7.37. The van der Waals surface area contributed by atoms with Gasteiger partial charge < -0.3 is 10.0 Å². The molecule has 16 heavy (non-hydrogen) atoms. The third kappa shape index (κ3) is 1.61. The first-order valence-corrected chi connectivity index (χ1v) is 6.10. The standard InChI is InChI=1S/C11H17NO3S/c1-11(2)7(8(11)16)9(13)12-5-3-4-6(12)10(14)15/h6-8,16H,3-5H2,1-2H3,(H,14,15)/t6-,7?,8?/m0/s1. The summed E-state index contributed by atoms with van der Waals surface area (Å²) in [5.74, 6) is -1.04. The first-order valence-electron chi connectivity index (χ1n) is 5.58. The number of amides is 1. The van der Waals surface area contributed by atoms with Crippen LogP contribution in [0.25, 0.3) is 0 Å². The van der Waals surface area contributed by atoms with Gasteiger partial charge in [-0.05, 0) is 18.3 Å². The van der Waals surface area contributed by atoms with Gasteiger partial charge >= 0.3 is 5.97 Å². The van der Waals surface area contributed by atoms with Crippen molar-refractivity contribution in [1.82, 2.24) is 4.90 Å². The van der Waals surface area contributed by atoms with Gasteiger partial charge in [0.1, 0.15) is 6.04 Å². The second kappa shape index (κ2) is 3.65. The van der Waals surface area contributed by atoms with E-state index in [1.165, 1.54) is 4.90 Å². The summed E-state index contributed by atoms with van der Waals surface area (Å²) in [5.41, 5.74) is -0.0914. The fourth-order valence-electron chi connectivity index (χ4n) is 2.53. The molecule has 2 unspecified atom stereocenters. The van der Waals surface area contributed by atoms with Crippen molar-refractivity contribution in [1.29, 1.82) is 0 Å². The van der Waals surface area contributed by atoms with E-state index in [1.54, 1.807) is 0 Å². The van der Waals surface area contributed by atoms with E-state index in [0.29, 0.717) is 13.0 Å². The van der Waals surface area contributed by atoms with Gasteiger partial charge in [0.05, 0.1) is 5.92 Å². The molecule has 1 heterocycles. The Morgan fingerprint density at radius 3 is 2.44 bits per heavy atom. The van der Waals surface area contributed by atoms with Crippen molar-refractivity contribution in [3.05, 3.63) is 0 Å².